The summed E-state index contributed by atoms with van der Waals surface area (Å²) < 4.78 is 5.72. The minimum Gasteiger partial charge on any atom is -0.378 e. The van der Waals surface area contributed by atoms with Crippen molar-refractivity contribution in [3.63, 3.8) is 0 Å². The van der Waals surface area contributed by atoms with E-state index in [1.54, 1.807) is 0 Å². The molecule has 0 bridgehead atoms. The summed E-state index contributed by atoms with van der Waals surface area (Å²) in [5.74, 6) is 1.14. The second-order valence-electron chi connectivity index (χ2n) is 6.13. The van der Waals surface area contributed by atoms with Crippen LogP contribution in [0.2, 0.25) is 0 Å². The van der Waals surface area contributed by atoms with Crippen LogP contribution in [0.4, 0.5) is 0 Å². The van der Waals surface area contributed by atoms with Gasteiger partial charge in [0.15, 0.2) is 5.96 Å². The fourth-order valence-electron chi connectivity index (χ4n) is 2.81. The molecule has 1 saturated carbocycles. The molecule has 0 radical (unpaired) electrons. The van der Waals surface area contributed by atoms with Crippen molar-refractivity contribution in [3.05, 3.63) is 0 Å². The second-order valence-corrected chi connectivity index (χ2v) is 6.13. The van der Waals surface area contributed by atoms with Gasteiger partial charge < -0.3 is 15.8 Å². The Morgan fingerprint density at radius 3 is 2.38 bits per heavy atom. The van der Waals surface area contributed by atoms with Crippen LogP contribution in [0.1, 0.15) is 65.7 Å². The maximum Gasteiger partial charge on any atom is 0.188 e. The van der Waals surface area contributed by atoms with E-state index in [1.165, 1.54) is 38.5 Å². The van der Waals surface area contributed by atoms with Crippen molar-refractivity contribution in [3.8, 4) is 0 Å². The molecule has 1 aliphatic rings. The predicted octanol–water partition coefficient (Wildman–Crippen LogP) is 3.68. The third-order valence-corrected chi connectivity index (χ3v) is 4.03. The van der Waals surface area contributed by atoms with Gasteiger partial charge in [0.25, 0.3) is 0 Å². The highest BCUT2D eigenvalue weighted by atomic mass is 127. The quantitative estimate of drug-likeness (QED) is 0.291. The van der Waals surface area contributed by atoms with E-state index in [-0.39, 0.29) is 30.1 Å². The maximum atomic E-state index is 5.99. The van der Waals surface area contributed by atoms with Gasteiger partial charge in [-0.15, -0.1) is 24.0 Å². The van der Waals surface area contributed by atoms with E-state index in [4.69, 9.17) is 10.5 Å². The fourth-order valence-corrected chi connectivity index (χ4v) is 2.81. The molecule has 1 unspecified atom stereocenters. The van der Waals surface area contributed by atoms with Crippen LogP contribution < -0.4 is 11.1 Å². The molecule has 3 N–H and O–H groups in total. The summed E-state index contributed by atoms with van der Waals surface area (Å²) >= 11 is 0. The molecule has 0 spiro atoms. The first-order valence-electron chi connectivity index (χ1n) is 8.31. The van der Waals surface area contributed by atoms with Gasteiger partial charge in [-0.05, 0) is 32.1 Å². The van der Waals surface area contributed by atoms with Crippen LogP contribution in [0.25, 0.3) is 0 Å². The molecule has 0 amide bonds. The van der Waals surface area contributed by atoms with E-state index >= 15 is 0 Å². The normalized spacial score (nSPS) is 19.0. The van der Waals surface area contributed by atoms with Gasteiger partial charge in [-0.1, -0.05) is 39.5 Å². The van der Waals surface area contributed by atoms with Crippen molar-refractivity contribution >= 4 is 29.9 Å². The van der Waals surface area contributed by atoms with Gasteiger partial charge >= 0.3 is 0 Å². The van der Waals surface area contributed by atoms with Gasteiger partial charge in [0.05, 0.1) is 6.10 Å². The first-order valence-corrected chi connectivity index (χ1v) is 8.31. The van der Waals surface area contributed by atoms with Gasteiger partial charge in [-0.2, -0.15) is 0 Å². The molecule has 1 fully saturated rings. The Bertz CT molecular complexity index is 277. The van der Waals surface area contributed by atoms with Crippen LogP contribution in [0.15, 0.2) is 4.99 Å². The number of hydrogen-bond donors (Lipinski definition) is 2. The summed E-state index contributed by atoms with van der Waals surface area (Å²) in [5, 5.41) is 3.38. The summed E-state index contributed by atoms with van der Waals surface area (Å²) in [6.45, 7) is 7.94. The van der Waals surface area contributed by atoms with E-state index in [2.05, 4.69) is 24.2 Å². The number of ether oxygens (including phenoxy) is 1. The van der Waals surface area contributed by atoms with Crippen molar-refractivity contribution in [1.29, 1.82) is 0 Å². The molecule has 5 heteroatoms. The number of halogens is 1. The Morgan fingerprint density at radius 2 is 1.86 bits per heavy atom. The maximum absolute atomic E-state index is 5.99. The fraction of sp³-hybridized carbons (Fsp3) is 0.938. The van der Waals surface area contributed by atoms with Crippen LogP contribution in [0.5, 0.6) is 0 Å². The lowest BCUT2D eigenvalue weighted by atomic mass is 10.0. The zero-order valence-electron chi connectivity index (χ0n) is 13.9. The van der Waals surface area contributed by atoms with Gasteiger partial charge in [0.1, 0.15) is 0 Å². The minimum atomic E-state index is 0. The highest BCUT2D eigenvalue weighted by molar-refractivity contribution is 14.0. The summed E-state index contributed by atoms with van der Waals surface area (Å²) in [5.41, 5.74) is 5.99. The molecule has 0 heterocycles. The van der Waals surface area contributed by atoms with Crippen molar-refractivity contribution < 1.29 is 4.74 Å². The number of guanidine groups is 1. The highest BCUT2D eigenvalue weighted by Gasteiger charge is 2.14. The van der Waals surface area contributed by atoms with Gasteiger partial charge in [-0.25, -0.2) is 0 Å². The number of aliphatic imine (C=N–C) groups is 1. The molecule has 1 atom stereocenters. The molecule has 126 valence electrons. The number of nitrogens with zero attached hydrogens (tertiary/aromatic N) is 1. The molecule has 1 rings (SSSR count). The lowest BCUT2D eigenvalue weighted by Crippen LogP contribution is -2.40. The van der Waals surface area contributed by atoms with Crippen molar-refractivity contribution in [1.82, 2.24) is 5.32 Å². The molecule has 0 aliphatic heterocycles. The average molecular weight is 411 g/mol. The van der Waals surface area contributed by atoms with Crippen LogP contribution in [-0.4, -0.2) is 31.3 Å². The molecule has 0 aromatic heterocycles. The lowest BCUT2D eigenvalue weighted by Gasteiger charge is -2.20. The van der Waals surface area contributed by atoms with E-state index in [0.717, 1.165) is 19.6 Å². The Kier molecular flexibility index (Phi) is 12.5. The molecule has 0 aromatic carbocycles. The molecule has 4 nitrogen and oxygen atoms in total. The van der Waals surface area contributed by atoms with E-state index in [0.29, 0.717) is 17.9 Å². The lowest BCUT2D eigenvalue weighted by molar-refractivity contribution is 0.0266. The van der Waals surface area contributed by atoms with Gasteiger partial charge in [0.2, 0.25) is 0 Å². The largest absolute Gasteiger partial charge is 0.378 e. The molecular weight excluding hydrogens is 377 g/mol. The summed E-state index contributed by atoms with van der Waals surface area (Å²) in [6.07, 6.45) is 9.02. The Labute approximate surface area is 147 Å². The van der Waals surface area contributed by atoms with Crippen LogP contribution in [0, 0.1) is 5.92 Å². The first kappa shape index (κ1) is 21.0. The van der Waals surface area contributed by atoms with Crippen molar-refractivity contribution in [2.45, 2.75) is 77.9 Å². The molecule has 1 aliphatic carbocycles. The minimum absolute atomic E-state index is 0. The number of hydrogen-bond acceptors (Lipinski definition) is 2. The zero-order chi connectivity index (χ0) is 14.8. The summed E-state index contributed by atoms with van der Waals surface area (Å²) in [4.78, 5) is 4.46. The Hall–Kier alpha value is -0.0400. The third-order valence-electron chi connectivity index (χ3n) is 4.03. The SMILES string of the molecule is CCOC(CCN=C(N)NC1CCCCCC1)C(C)C.I. The molecule has 0 saturated heterocycles. The zero-order valence-corrected chi connectivity index (χ0v) is 16.3. The average Bonchev–Trinajstić information content (AvgIpc) is 2.66. The topological polar surface area (TPSA) is 59.6 Å². The van der Waals surface area contributed by atoms with E-state index < -0.39 is 0 Å². The smallest absolute Gasteiger partial charge is 0.188 e. The van der Waals surface area contributed by atoms with Crippen LogP contribution in [-0.2, 0) is 4.74 Å². The Morgan fingerprint density at radius 1 is 1.24 bits per heavy atom. The monoisotopic (exact) mass is 411 g/mol. The summed E-state index contributed by atoms with van der Waals surface area (Å²) in [7, 11) is 0. The highest BCUT2D eigenvalue weighted by Crippen LogP contribution is 2.17. The number of nitrogens with one attached hydrogen (secondary N) is 1. The number of rotatable bonds is 7. The molecule has 0 aromatic rings. The number of nitrogens with two attached hydrogens (primary N) is 1. The molecular formula is C16H34IN3O. The third kappa shape index (κ3) is 9.55. The van der Waals surface area contributed by atoms with E-state index in [9.17, 15) is 0 Å². The first-order chi connectivity index (χ1) is 9.63. The predicted molar refractivity (Wildman–Crippen MR) is 101 cm³/mol. The second kappa shape index (κ2) is 12.5. The van der Waals surface area contributed by atoms with Crippen LogP contribution in [0.3, 0.4) is 0 Å². The van der Waals surface area contributed by atoms with E-state index in [1.807, 2.05) is 6.92 Å². The van der Waals surface area contributed by atoms with Gasteiger partial charge in [-0.3, -0.25) is 4.99 Å². The molecule has 21 heavy (non-hydrogen) atoms. The van der Waals surface area contributed by atoms with Crippen molar-refractivity contribution in [2.24, 2.45) is 16.6 Å². The Balaban J connectivity index is 0.00000400. The standard InChI is InChI=1S/C16H33N3O.HI/c1-4-20-15(13(2)3)11-12-18-16(17)19-14-9-7-5-6-8-10-14;/h13-15H,4-12H2,1-3H3,(H3,17,18,19);1H. The van der Waals surface area contributed by atoms with Gasteiger partial charge in [0, 0.05) is 19.2 Å². The van der Waals surface area contributed by atoms with Crippen molar-refractivity contribution in [2.75, 3.05) is 13.2 Å². The van der Waals surface area contributed by atoms with Crippen LogP contribution >= 0.6 is 24.0 Å². The summed E-state index contributed by atoms with van der Waals surface area (Å²) in [6, 6.07) is 0.522.